The predicted octanol–water partition coefficient (Wildman–Crippen LogP) is 3.86. The zero-order valence-corrected chi connectivity index (χ0v) is 17.8. The van der Waals surface area contributed by atoms with E-state index in [9.17, 15) is 9.90 Å². The molecule has 1 aromatic heterocycles. The van der Waals surface area contributed by atoms with E-state index in [2.05, 4.69) is 11.9 Å². The van der Waals surface area contributed by atoms with E-state index in [4.69, 9.17) is 9.31 Å². The van der Waals surface area contributed by atoms with Crippen LogP contribution in [0.2, 0.25) is 0 Å². The molecule has 4 rings (SSSR count). The largest absolute Gasteiger partial charge is 0.632 e. The number of para-hydroxylation sites is 2. The number of hydrogen-bond acceptors (Lipinski definition) is 5. The zero-order chi connectivity index (χ0) is 21.1. The van der Waals surface area contributed by atoms with E-state index < -0.39 is 13.1 Å². The number of aromatic carboxylic acids is 1. The van der Waals surface area contributed by atoms with Crippen LogP contribution in [0, 0.1) is 0 Å². The molecule has 0 saturated heterocycles. The average Bonchev–Trinajstić information content (AvgIpc) is 3.34. The smallest absolute Gasteiger partial charge is 0.519 e. The number of carboxylic acids is 1. The van der Waals surface area contributed by atoms with Gasteiger partial charge in [-0.2, -0.15) is 0 Å². The number of nitrogens with zero attached hydrogens (tertiary/aromatic N) is 2. The van der Waals surface area contributed by atoms with Crippen molar-refractivity contribution < 1.29 is 19.2 Å². The first-order valence-corrected chi connectivity index (χ1v) is 11.2. The van der Waals surface area contributed by atoms with Gasteiger partial charge in [-0.1, -0.05) is 49.7 Å². The maximum atomic E-state index is 11.9. The monoisotopic (exact) mass is 422 g/mol. The van der Waals surface area contributed by atoms with Crippen LogP contribution in [-0.2, 0) is 13.0 Å². The third-order valence-corrected chi connectivity index (χ3v) is 5.75. The van der Waals surface area contributed by atoms with E-state index in [1.807, 2.05) is 59.4 Å². The van der Waals surface area contributed by atoms with Gasteiger partial charge in [-0.15, -0.1) is 11.8 Å². The Morgan fingerprint density at radius 3 is 2.37 bits per heavy atom. The number of carboxylic acid groups (broad SMARTS) is 1. The van der Waals surface area contributed by atoms with Crippen molar-refractivity contribution in [1.82, 2.24) is 9.55 Å². The normalized spacial score (nSPS) is 12.4. The molecule has 6 nitrogen and oxygen atoms in total. The summed E-state index contributed by atoms with van der Waals surface area (Å²) >= 11 is 1.37. The van der Waals surface area contributed by atoms with Crippen molar-refractivity contribution in [2.75, 3.05) is 6.26 Å². The molecule has 0 radical (unpaired) electrons. The average molecular weight is 422 g/mol. The topological polar surface area (TPSA) is 73.6 Å². The van der Waals surface area contributed by atoms with Crippen LogP contribution in [0.5, 0.6) is 11.5 Å². The van der Waals surface area contributed by atoms with Crippen LogP contribution in [0.15, 0.2) is 53.6 Å². The van der Waals surface area contributed by atoms with Gasteiger partial charge in [0.05, 0.1) is 0 Å². The van der Waals surface area contributed by atoms with E-state index in [1.54, 1.807) is 0 Å². The Morgan fingerprint density at radius 2 is 1.80 bits per heavy atom. The fourth-order valence-corrected chi connectivity index (χ4v) is 4.11. The minimum absolute atomic E-state index is 0.260. The molecule has 0 amide bonds. The maximum Gasteiger partial charge on any atom is 0.632 e. The summed E-state index contributed by atoms with van der Waals surface area (Å²) in [6.07, 6.45) is 4.62. The number of imidazole rings is 1. The predicted molar refractivity (Wildman–Crippen MR) is 118 cm³/mol. The lowest BCUT2D eigenvalue weighted by Crippen LogP contribution is -2.38. The lowest BCUT2D eigenvalue weighted by atomic mass is 9.79. The molecule has 0 spiro atoms. The van der Waals surface area contributed by atoms with Crippen molar-refractivity contribution in [2.45, 2.75) is 37.8 Å². The Labute approximate surface area is 180 Å². The number of carbonyl (C=O) groups is 1. The summed E-state index contributed by atoms with van der Waals surface area (Å²) in [5.41, 5.74) is 2.17. The third kappa shape index (κ3) is 4.05. The Balaban J connectivity index is 1.56. The first kappa shape index (κ1) is 20.4. The van der Waals surface area contributed by atoms with Gasteiger partial charge in [-0.3, -0.25) is 0 Å². The van der Waals surface area contributed by atoms with Gasteiger partial charge in [0.15, 0.2) is 5.69 Å². The molecule has 3 aromatic rings. The number of benzene rings is 2. The molecule has 0 unspecified atom stereocenters. The fourth-order valence-electron chi connectivity index (χ4n) is 3.52. The van der Waals surface area contributed by atoms with Gasteiger partial charge < -0.3 is 19.0 Å². The zero-order valence-electron chi connectivity index (χ0n) is 17.0. The van der Waals surface area contributed by atoms with Gasteiger partial charge in [0, 0.05) is 18.4 Å². The van der Waals surface area contributed by atoms with Gasteiger partial charge in [-0.25, -0.2) is 9.78 Å². The van der Waals surface area contributed by atoms with Crippen molar-refractivity contribution in [3.8, 4) is 11.5 Å². The van der Waals surface area contributed by atoms with E-state index in [0.717, 1.165) is 47.6 Å². The van der Waals surface area contributed by atoms with Crippen LogP contribution in [0.1, 0.15) is 41.6 Å². The lowest BCUT2D eigenvalue weighted by Gasteiger charge is -2.11. The highest BCUT2D eigenvalue weighted by atomic mass is 32.2. The summed E-state index contributed by atoms with van der Waals surface area (Å²) in [4.78, 5) is 16.5. The molecule has 154 valence electrons. The Morgan fingerprint density at radius 1 is 1.13 bits per heavy atom. The van der Waals surface area contributed by atoms with Crippen molar-refractivity contribution in [2.24, 2.45) is 0 Å². The van der Waals surface area contributed by atoms with Crippen molar-refractivity contribution >= 4 is 30.3 Å². The number of aromatic nitrogens is 2. The van der Waals surface area contributed by atoms with Crippen molar-refractivity contribution in [3.63, 3.8) is 0 Å². The summed E-state index contributed by atoms with van der Waals surface area (Å²) in [7, 11) is -0.470. The molecule has 1 N–H and O–H groups in total. The molecule has 30 heavy (non-hydrogen) atoms. The second-order valence-corrected chi connectivity index (χ2v) is 7.93. The van der Waals surface area contributed by atoms with Crippen molar-refractivity contribution in [1.29, 1.82) is 0 Å². The molecule has 2 heterocycles. The molecule has 8 heteroatoms. The second-order valence-electron chi connectivity index (χ2n) is 7.14. The molecular weight excluding hydrogens is 399 g/mol. The number of fused-ring (bicyclic) bond motifs is 1. The molecule has 0 fully saturated rings. The van der Waals surface area contributed by atoms with Gasteiger partial charge in [-0.05, 0) is 30.4 Å². The van der Waals surface area contributed by atoms with E-state index in [1.165, 1.54) is 11.8 Å². The first-order valence-electron chi connectivity index (χ1n) is 9.98. The molecule has 2 aromatic carbocycles. The van der Waals surface area contributed by atoms with Gasteiger partial charge in [0.2, 0.25) is 0 Å². The van der Waals surface area contributed by atoms with E-state index in [0.29, 0.717) is 11.6 Å². The summed E-state index contributed by atoms with van der Waals surface area (Å²) in [6, 6.07) is 15.5. The summed E-state index contributed by atoms with van der Waals surface area (Å²) < 4.78 is 13.6. The highest BCUT2D eigenvalue weighted by Crippen LogP contribution is 2.32. The number of unbranched alkanes of at least 4 members (excludes halogenated alkanes) is 1. The molecule has 1 aliphatic rings. The van der Waals surface area contributed by atoms with Gasteiger partial charge in [0.1, 0.15) is 22.3 Å². The van der Waals surface area contributed by atoms with E-state index >= 15 is 0 Å². The SMILES string of the molecule is CCCCc1nc(SC)c(C(=O)O)n1Cc1ccc(B2Oc3ccccc3O2)cc1. The summed E-state index contributed by atoms with van der Waals surface area (Å²) in [5, 5.41) is 10.3. The Bertz CT molecular complexity index is 1030. The number of rotatable bonds is 8. The molecule has 0 atom stereocenters. The maximum absolute atomic E-state index is 11.9. The first-order chi connectivity index (χ1) is 14.6. The fraction of sp³-hybridized carbons (Fsp3) is 0.273. The molecule has 1 aliphatic heterocycles. The van der Waals surface area contributed by atoms with Crippen molar-refractivity contribution in [3.05, 3.63) is 65.6 Å². The standard InChI is InChI=1S/C22H23BN2O4S/c1-3-4-9-19-24-21(30-2)20(22(26)27)25(19)14-15-10-12-16(13-11-15)23-28-17-7-5-6-8-18(17)29-23/h5-8,10-13H,3-4,9,14H2,1-2H3,(H,26,27). The van der Waals surface area contributed by atoms with Crippen LogP contribution in [-0.4, -0.2) is 34.0 Å². The Kier molecular flexibility index (Phi) is 6.04. The highest BCUT2D eigenvalue weighted by Gasteiger charge is 2.33. The highest BCUT2D eigenvalue weighted by molar-refractivity contribution is 7.98. The number of aryl methyl sites for hydroxylation is 1. The molecule has 0 bridgehead atoms. The van der Waals surface area contributed by atoms with Gasteiger partial charge >= 0.3 is 13.1 Å². The van der Waals surface area contributed by atoms with Crippen LogP contribution >= 0.6 is 11.8 Å². The molecule has 0 aliphatic carbocycles. The van der Waals surface area contributed by atoms with Crippen LogP contribution in [0.4, 0.5) is 0 Å². The molecule has 0 saturated carbocycles. The number of hydrogen-bond donors (Lipinski definition) is 1. The van der Waals surface area contributed by atoms with Crippen LogP contribution in [0.25, 0.3) is 0 Å². The molecular formula is C22H23BN2O4S. The minimum Gasteiger partial charge on any atom is -0.519 e. The minimum atomic E-state index is -0.947. The van der Waals surface area contributed by atoms with E-state index in [-0.39, 0.29) is 5.69 Å². The quantitative estimate of drug-likeness (QED) is 0.439. The van der Waals surface area contributed by atoms with Crippen LogP contribution in [0.3, 0.4) is 0 Å². The Hall–Kier alpha value is -2.87. The van der Waals surface area contributed by atoms with Gasteiger partial charge in [0.25, 0.3) is 0 Å². The summed E-state index contributed by atoms with van der Waals surface area (Å²) in [6.45, 7) is 2.58. The number of thioether (sulfide) groups is 1. The van der Waals surface area contributed by atoms with Crippen LogP contribution < -0.4 is 14.8 Å². The summed E-state index contributed by atoms with van der Waals surface area (Å²) in [5.74, 6) is 1.35. The third-order valence-electron chi connectivity index (χ3n) is 5.07. The lowest BCUT2D eigenvalue weighted by molar-refractivity contribution is 0.0681. The second kappa shape index (κ2) is 8.87.